The van der Waals surface area contributed by atoms with Crippen molar-refractivity contribution in [2.24, 2.45) is 17.6 Å². The van der Waals surface area contributed by atoms with Crippen LogP contribution in [0.3, 0.4) is 0 Å². The lowest BCUT2D eigenvalue weighted by atomic mass is 9.80. The van der Waals surface area contributed by atoms with Gasteiger partial charge in [-0.1, -0.05) is 11.6 Å². The molecule has 92 valence electrons. The molecule has 3 N–H and O–H groups in total. The van der Waals surface area contributed by atoms with Crippen molar-refractivity contribution in [1.82, 2.24) is 0 Å². The van der Waals surface area contributed by atoms with Gasteiger partial charge >= 0.3 is 0 Å². The van der Waals surface area contributed by atoms with Crippen LogP contribution in [0, 0.1) is 11.8 Å². The zero-order valence-corrected chi connectivity index (χ0v) is 10.7. The van der Waals surface area contributed by atoms with Gasteiger partial charge in [-0.2, -0.15) is 0 Å². The van der Waals surface area contributed by atoms with Gasteiger partial charge in [-0.3, -0.25) is 0 Å². The number of hydrogen-bond acceptors (Lipinski definition) is 2. The number of fused-ring (bicyclic) bond motifs is 2. The molecule has 2 bridgehead atoms. The van der Waals surface area contributed by atoms with E-state index in [4.69, 9.17) is 17.3 Å². The summed E-state index contributed by atoms with van der Waals surface area (Å²) in [7, 11) is 0. The maximum Gasteiger partial charge on any atom is 0.0526 e. The van der Waals surface area contributed by atoms with Crippen molar-refractivity contribution < 1.29 is 0 Å². The fraction of sp³-hybridized carbons (Fsp3) is 0.571. The molecule has 0 aliphatic heterocycles. The lowest BCUT2D eigenvalue weighted by molar-refractivity contribution is 0.306. The third kappa shape index (κ3) is 1.94. The van der Waals surface area contributed by atoms with Gasteiger partial charge in [0.25, 0.3) is 0 Å². The van der Waals surface area contributed by atoms with Crippen LogP contribution in [0.25, 0.3) is 0 Å². The maximum atomic E-state index is 6.04. The van der Waals surface area contributed by atoms with E-state index in [9.17, 15) is 0 Å². The van der Waals surface area contributed by atoms with Crippen molar-refractivity contribution in [3.05, 3.63) is 29.3 Å². The largest absolute Gasteiger partial charge is 0.378 e. The standard InChI is InChI=1S/C14H19ClN2/c15-12-3-5-13(6-4-12)17-14(9-16)8-10-1-2-11(14)7-10/h3-6,10-11,17H,1-2,7-9,16H2. The Balaban J connectivity index is 1.80. The minimum Gasteiger partial charge on any atom is -0.378 e. The molecule has 17 heavy (non-hydrogen) atoms. The summed E-state index contributed by atoms with van der Waals surface area (Å²) < 4.78 is 0. The molecule has 2 fully saturated rings. The Kier molecular flexibility index (Phi) is 2.80. The van der Waals surface area contributed by atoms with E-state index in [0.717, 1.165) is 29.1 Å². The molecule has 3 unspecified atom stereocenters. The number of benzene rings is 1. The third-order valence-corrected chi connectivity index (χ3v) is 4.83. The van der Waals surface area contributed by atoms with Crippen LogP contribution in [-0.2, 0) is 0 Å². The van der Waals surface area contributed by atoms with Gasteiger partial charge in [0, 0.05) is 17.3 Å². The van der Waals surface area contributed by atoms with Crippen LogP contribution in [0.5, 0.6) is 0 Å². The van der Waals surface area contributed by atoms with Crippen molar-refractivity contribution in [3.63, 3.8) is 0 Å². The number of halogens is 1. The molecule has 0 spiro atoms. The van der Waals surface area contributed by atoms with E-state index in [1.807, 2.05) is 24.3 Å². The molecule has 0 saturated heterocycles. The number of hydrogen-bond donors (Lipinski definition) is 2. The van der Waals surface area contributed by atoms with Gasteiger partial charge in [0.15, 0.2) is 0 Å². The summed E-state index contributed by atoms with van der Waals surface area (Å²) in [4.78, 5) is 0. The normalized spacial score (nSPS) is 35.2. The smallest absolute Gasteiger partial charge is 0.0526 e. The first-order valence-corrected chi connectivity index (χ1v) is 6.83. The van der Waals surface area contributed by atoms with E-state index >= 15 is 0 Å². The van der Waals surface area contributed by atoms with E-state index in [2.05, 4.69) is 5.32 Å². The quantitative estimate of drug-likeness (QED) is 0.864. The minimum absolute atomic E-state index is 0.136. The first-order chi connectivity index (χ1) is 8.22. The molecule has 1 aromatic carbocycles. The van der Waals surface area contributed by atoms with E-state index in [1.165, 1.54) is 25.7 Å². The van der Waals surface area contributed by atoms with Crippen LogP contribution >= 0.6 is 11.6 Å². The predicted octanol–water partition coefficient (Wildman–Crippen LogP) is 3.27. The Morgan fingerprint density at radius 2 is 2.06 bits per heavy atom. The second kappa shape index (κ2) is 4.18. The molecule has 0 amide bonds. The molecule has 0 aromatic heterocycles. The van der Waals surface area contributed by atoms with Gasteiger partial charge in [-0.15, -0.1) is 0 Å². The van der Waals surface area contributed by atoms with Gasteiger partial charge in [-0.05, 0) is 61.8 Å². The first-order valence-electron chi connectivity index (χ1n) is 6.46. The van der Waals surface area contributed by atoms with Crippen molar-refractivity contribution in [2.75, 3.05) is 11.9 Å². The minimum atomic E-state index is 0.136. The molecular formula is C14H19ClN2. The van der Waals surface area contributed by atoms with Crippen molar-refractivity contribution >= 4 is 17.3 Å². The summed E-state index contributed by atoms with van der Waals surface area (Å²) in [5.74, 6) is 1.65. The molecule has 3 heteroatoms. The highest BCUT2D eigenvalue weighted by Gasteiger charge is 2.50. The number of nitrogens with two attached hydrogens (primary N) is 1. The van der Waals surface area contributed by atoms with Crippen LogP contribution < -0.4 is 11.1 Å². The predicted molar refractivity (Wildman–Crippen MR) is 72.3 cm³/mol. The summed E-state index contributed by atoms with van der Waals surface area (Å²) in [6, 6.07) is 7.96. The van der Waals surface area contributed by atoms with Gasteiger partial charge in [0.05, 0.1) is 5.54 Å². The van der Waals surface area contributed by atoms with Gasteiger partial charge < -0.3 is 11.1 Å². The summed E-state index contributed by atoms with van der Waals surface area (Å²) in [6.45, 7) is 0.733. The molecular weight excluding hydrogens is 232 g/mol. The third-order valence-electron chi connectivity index (χ3n) is 4.58. The summed E-state index contributed by atoms with van der Waals surface area (Å²) in [5, 5.41) is 4.46. The summed E-state index contributed by atoms with van der Waals surface area (Å²) >= 11 is 5.91. The second-order valence-corrected chi connectivity index (χ2v) is 6.01. The fourth-order valence-electron chi connectivity index (χ4n) is 3.72. The molecule has 2 aliphatic carbocycles. The maximum absolute atomic E-state index is 6.04. The Labute approximate surface area is 108 Å². The molecule has 2 aliphatic rings. The highest BCUT2D eigenvalue weighted by molar-refractivity contribution is 6.30. The lowest BCUT2D eigenvalue weighted by Gasteiger charge is -2.38. The molecule has 2 nitrogen and oxygen atoms in total. The molecule has 3 rings (SSSR count). The van der Waals surface area contributed by atoms with Gasteiger partial charge in [-0.25, -0.2) is 0 Å². The first kappa shape index (κ1) is 11.4. The van der Waals surface area contributed by atoms with Gasteiger partial charge in [0.2, 0.25) is 0 Å². The van der Waals surface area contributed by atoms with Crippen LogP contribution in [0.15, 0.2) is 24.3 Å². The van der Waals surface area contributed by atoms with E-state index in [0.29, 0.717) is 0 Å². The molecule has 1 aromatic rings. The average Bonchev–Trinajstić information content (AvgIpc) is 2.93. The molecule has 0 radical (unpaired) electrons. The Bertz CT molecular complexity index is 403. The average molecular weight is 251 g/mol. The SMILES string of the molecule is NCC1(Nc2ccc(Cl)cc2)CC2CCC1C2. The Hall–Kier alpha value is -0.730. The Morgan fingerprint density at radius 3 is 2.59 bits per heavy atom. The number of rotatable bonds is 3. The zero-order chi connectivity index (χ0) is 11.9. The topological polar surface area (TPSA) is 38.0 Å². The number of nitrogens with one attached hydrogen (secondary N) is 1. The van der Waals surface area contributed by atoms with Crippen LogP contribution in [-0.4, -0.2) is 12.1 Å². The lowest BCUT2D eigenvalue weighted by Crippen LogP contribution is -2.49. The molecule has 0 heterocycles. The molecule has 3 atom stereocenters. The highest BCUT2D eigenvalue weighted by Crippen LogP contribution is 2.51. The fourth-order valence-corrected chi connectivity index (χ4v) is 3.84. The van der Waals surface area contributed by atoms with Crippen molar-refractivity contribution in [3.8, 4) is 0 Å². The van der Waals surface area contributed by atoms with Crippen LogP contribution in [0.4, 0.5) is 5.69 Å². The number of anilines is 1. The summed E-state index contributed by atoms with van der Waals surface area (Å²) in [5.41, 5.74) is 7.33. The second-order valence-electron chi connectivity index (χ2n) is 5.57. The highest BCUT2D eigenvalue weighted by atomic mass is 35.5. The monoisotopic (exact) mass is 250 g/mol. The van der Waals surface area contributed by atoms with E-state index < -0.39 is 0 Å². The van der Waals surface area contributed by atoms with E-state index in [1.54, 1.807) is 0 Å². The van der Waals surface area contributed by atoms with Crippen LogP contribution in [0.1, 0.15) is 25.7 Å². The summed E-state index contributed by atoms with van der Waals surface area (Å²) in [6.07, 6.45) is 5.33. The van der Waals surface area contributed by atoms with Crippen LogP contribution in [0.2, 0.25) is 5.02 Å². The Morgan fingerprint density at radius 1 is 1.29 bits per heavy atom. The van der Waals surface area contributed by atoms with Gasteiger partial charge in [0.1, 0.15) is 0 Å². The molecule has 2 saturated carbocycles. The van der Waals surface area contributed by atoms with Crippen molar-refractivity contribution in [2.45, 2.75) is 31.2 Å². The van der Waals surface area contributed by atoms with Crippen molar-refractivity contribution in [1.29, 1.82) is 0 Å². The van der Waals surface area contributed by atoms with E-state index in [-0.39, 0.29) is 5.54 Å². The zero-order valence-electron chi connectivity index (χ0n) is 9.95.